The Hall–Kier alpha value is -2.29. The molecule has 2 bridgehead atoms. The molecule has 1 saturated carbocycles. The maximum absolute atomic E-state index is 13.1. The summed E-state index contributed by atoms with van der Waals surface area (Å²) < 4.78 is 0. The van der Waals surface area contributed by atoms with Gasteiger partial charge < -0.3 is 25.3 Å². The van der Waals surface area contributed by atoms with Crippen LogP contribution in [0.3, 0.4) is 0 Å². The molecule has 26 heavy (non-hydrogen) atoms. The summed E-state index contributed by atoms with van der Waals surface area (Å²) in [7, 11) is 0. The summed E-state index contributed by atoms with van der Waals surface area (Å²) in [6.07, 6.45) is -1.10. The second-order valence-corrected chi connectivity index (χ2v) is 7.79. The molecule has 1 fully saturated rings. The van der Waals surface area contributed by atoms with Crippen molar-refractivity contribution in [2.75, 3.05) is 11.4 Å². The van der Waals surface area contributed by atoms with Gasteiger partial charge in [0.25, 0.3) is 0 Å². The molecule has 4 aliphatic heterocycles. The Morgan fingerprint density at radius 2 is 2.08 bits per heavy atom. The molecule has 1 spiro atoms. The Labute approximate surface area is 147 Å². The number of Topliss-reactive ketones (excluding diaryl/α,β-unsaturated/α-hetero) is 1. The monoisotopic (exact) mass is 355 g/mol. The van der Waals surface area contributed by atoms with E-state index in [9.17, 15) is 25.2 Å². The van der Waals surface area contributed by atoms with Gasteiger partial charge in [0.2, 0.25) is 0 Å². The second kappa shape index (κ2) is 4.33. The van der Waals surface area contributed by atoms with E-state index < -0.39 is 29.9 Å². The first-order chi connectivity index (χ1) is 12.4. The minimum atomic E-state index is -1.36. The Kier molecular flexibility index (Phi) is 2.47. The van der Waals surface area contributed by atoms with Crippen molar-refractivity contribution < 1.29 is 25.2 Å². The van der Waals surface area contributed by atoms with E-state index in [1.54, 1.807) is 6.21 Å². The van der Waals surface area contributed by atoms with Crippen LogP contribution in [0.1, 0.15) is 24.8 Å². The first-order valence-electron chi connectivity index (χ1n) is 8.84. The molecule has 8 nitrogen and oxygen atoms in total. The molecule has 0 aromatic heterocycles. The minimum absolute atomic E-state index is 0.0432. The van der Waals surface area contributed by atoms with Crippen molar-refractivity contribution in [2.45, 2.75) is 49.2 Å². The van der Waals surface area contributed by atoms with Gasteiger partial charge in [-0.25, -0.2) is 0 Å². The van der Waals surface area contributed by atoms with Gasteiger partial charge in [-0.15, -0.1) is 0 Å². The third-order valence-electron chi connectivity index (χ3n) is 6.68. The molecule has 1 aliphatic carbocycles. The van der Waals surface area contributed by atoms with Gasteiger partial charge in [-0.2, -0.15) is 0 Å². The molecular formula is C18H17N3O5. The van der Waals surface area contributed by atoms with Gasteiger partial charge >= 0.3 is 0 Å². The molecule has 6 rings (SSSR count). The standard InChI is InChI=1S/C18H17N3O5/c22-7-3-8(23)18-4-9(24)20-13-11(18)15-10-6(5-19-12(10)16(13)25)1-2-21(15)14(7)17(18)26/h5,7,9,14,17,22,24-26H,1-4H2/t7-,9+,14?,17+,18+/m1/s1. The van der Waals surface area contributed by atoms with Gasteiger partial charge in [0.15, 0.2) is 5.75 Å². The molecule has 1 aromatic carbocycles. The number of phenolic OH excluding ortho intramolecular Hbond substituents is 1. The Bertz CT molecular complexity index is 1060. The zero-order valence-electron chi connectivity index (χ0n) is 13.8. The number of fused-ring (bicyclic) bond motifs is 2. The van der Waals surface area contributed by atoms with Crippen LogP contribution >= 0.6 is 0 Å². The summed E-state index contributed by atoms with van der Waals surface area (Å²) >= 11 is 0. The highest BCUT2D eigenvalue weighted by Crippen LogP contribution is 2.52. The maximum Gasteiger partial charge on any atom is 0.167 e. The summed E-state index contributed by atoms with van der Waals surface area (Å²) in [5.74, 6) is -0.472. The number of nitrogens with zero attached hydrogens (tertiary/aromatic N) is 3. The number of phenols is 1. The summed E-state index contributed by atoms with van der Waals surface area (Å²) in [4.78, 5) is 23.6. The number of carbonyl (C=O) groups is 1. The normalized spacial score (nSPS) is 38.3. The molecule has 0 radical (unpaired) electrons. The van der Waals surface area contributed by atoms with Gasteiger partial charge in [0.1, 0.15) is 23.1 Å². The van der Waals surface area contributed by atoms with E-state index in [1.807, 2.05) is 4.90 Å². The van der Waals surface area contributed by atoms with Gasteiger partial charge in [0, 0.05) is 36.4 Å². The van der Waals surface area contributed by atoms with Crippen LogP contribution in [0.2, 0.25) is 0 Å². The molecule has 4 heterocycles. The Morgan fingerprint density at radius 1 is 1.27 bits per heavy atom. The largest absolute Gasteiger partial charge is 0.504 e. The molecule has 1 unspecified atom stereocenters. The van der Waals surface area contributed by atoms with Crippen LogP contribution < -0.4 is 15.5 Å². The third kappa shape index (κ3) is 1.36. The maximum atomic E-state index is 13.1. The van der Waals surface area contributed by atoms with Crippen LogP contribution in [0.15, 0.2) is 9.98 Å². The first-order valence-corrected chi connectivity index (χ1v) is 8.84. The lowest BCUT2D eigenvalue weighted by molar-refractivity contribution is -0.144. The Balaban J connectivity index is 1.87. The highest BCUT2D eigenvalue weighted by molar-refractivity contribution is 6.11. The number of aliphatic hydroxyl groups is 3. The molecule has 1 aromatic rings. The lowest BCUT2D eigenvalue weighted by Crippen LogP contribution is -2.73. The highest BCUT2D eigenvalue weighted by atomic mass is 16.3. The molecule has 4 N–H and O–H groups in total. The fraction of sp³-hybridized carbons (Fsp3) is 0.500. The van der Waals surface area contributed by atoms with E-state index in [2.05, 4.69) is 9.98 Å². The topological polar surface area (TPSA) is 126 Å². The smallest absolute Gasteiger partial charge is 0.167 e. The van der Waals surface area contributed by atoms with E-state index in [0.717, 1.165) is 16.5 Å². The molecule has 8 heteroatoms. The van der Waals surface area contributed by atoms with Crippen LogP contribution in [-0.4, -0.2) is 63.4 Å². The van der Waals surface area contributed by atoms with Crippen LogP contribution in [0.5, 0.6) is 5.75 Å². The van der Waals surface area contributed by atoms with Gasteiger partial charge in [0.05, 0.1) is 29.4 Å². The number of rotatable bonds is 0. The number of aliphatic imine (C=N–C) groups is 1. The number of ketones is 1. The van der Waals surface area contributed by atoms with Gasteiger partial charge in [-0.1, -0.05) is 0 Å². The lowest BCUT2D eigenvalue weighted by Gasteiger charge is -2.57. The summed E-state index contributed by atoms with van der Waals surface area (Å²) in [6, 6.07) is -0.630. The lowest BCUT2D eigenvalue weighted by atomic mass is 9.57. The number of hydrogen-bond acceptors (Lipinski definition) is 8. The van der Waals surface area contributed by atoms with Crippen LogP contribution in [0.25, 0.3) is 5.57 Å². The molecule has 0 saturated heterocycles. The third-order valence-corrected chi connectivity index (χ3v) is 6.68. The fourth-order valence-electron chi connectivity index (χ4n) is 5.66. The van der Waals surface area contributed by atoms with E-state index in [1.165, 1.54) is 0 Å². The number of anilines is 1. The summed E-state index contributed by atoms with van der Waals surface area (Å²) in [5.41, 5.74) is 1.22. The Morgan fingerprint density at radius 3 is 2.88 bits per heavy atom. The number of aromatic hydroxyl groups is 1. The fourth-order valence-corrected chi connectivity index (χ4v) is 5.66. The summed E-state index contributed by atoms with van der Waals surface area (Å²) in [6.45, 7) is 0.580. The van der Waals surface area contributed by atoms with Crippen LogP contribution in [0, 0.1) is 0 Å². The molecule has 5 atom stereocenters. The van der Waals surface area contributed by atoms with Crippen molar-refractivity contribution in [1.82, 2.24) is 0 Å². The predicted octanol–water partition coefficient (Wildman–Crippen LogP) is -1.87. The minimum Gasteiger partial charge on any atom is -0.504 e. The van der Waals surface area contributed by atoms with E-state index >= 15 is 0 Å². The molecule has 134 valence electrons. The average Bonchev–Trinajstić information content (AvgIpc) is 3.03. The van der Waals surface area contributed by atoms with Crippen molar-refractivity contribution in [1.29, 1.82) is 0 Å². The van der Waals surface area contributed by atoms with Crippen molar-refractivity contribution in [2.24, 2.45) is 9.98 Å². The number of hydrogen-bond donors (Lipinski definition) is 4. The zero-order chi connectivity index (χ0) is 18.0. The van der Waals surface area contributed by atoms with Crippen LogP contribution in [0.4, 0.5) is 11.4 Å². The number of benzene rings is 1. The summed E-state index contributed by atoms with van der Waals surface area (Å²) in [5, 5.41) is 43.8. The zero-order valence-corrected chi connectivity index (χ0v) is 13.8. The highest BCUT2D eigenvalue weighted by Gasteiger charge is 2.63. The second-order valence-electron chi connectivity index (χ2n) is 7.79. The first kappa shape index (κ1) is 14.8. The number of carbonyl (C=O) groups excluding carboxylic acids is 1. The van der Waals surface area contributed by atoms with Crippen molar-refractivity contribution in [3.05, 3.63) is 16.1 Å². The van der Waals surface area contributed by atoms with Crippen molar-refractivity contribution in [3.8, 4) is 5.75 Å². The quantitative estimate of drug-likeness (QED) is 0.432. The van der Waals surface area contributed by atoms with Crippen molar-refractivity contribution in [3.63, 3.8) is 0 Å². The van der Waals surface area contributed by atoms with Crippen LogP contribution in [-0.2, 0) is 10.2 Å². The van der Waals surface area contributed by atoms with Gasteiger partial charge in [-0.3, -0.25) is 14.8 Å². The SMILES string of the molecule is O=C1C[C@@H](O)C2[C@H](O)[C@@]13C[C@H](O)N=c1c(O)c4c5c(c13)N2CCC=5C=N4. The number of aliphatic hydroxyl groups excluding tert-OH is 3. The van der Waals surface area contributed by atoms with Gasteiger partial charge in [-0.05, 0) is 12.0 Å². The van der Waals surface area contributed by atoms with Crippen molar-refractivity contribution >= 4 is 28.9 Å². The van der Waals surface area contributed by atoms with E-state index in [4.69, 9.17) is 0 Å². The van der Waals surface area contributed by atoms with E-state index in [-0.39, 0.29) is 29.7 Å². The average molecular weight is 355 g/mol. The predicted molar refractivity (Wildman–Crippen MR) is 90.1 cm³/mol. The molecular weight excluding hydrogens is 338 g/mol. The van der Waals surface area contributed by atoms with E-state index in [0.29, 0.717) is 24.2 Å². The molecule has 0 amide bonds. The molecule has 5 aliphatic rings.